The molecule has 0 spiro atoms. The molecule has 0 aliphatic rings. The van der Waals surface area contributed by atoms with Crippen molar-refractivity contribution in [3.63, 3.8) is 0 Å². The Kier molecular flexibility index (Phi) is 6.68. The first-order chi connectivity index (χ1) is 12.7. The molecule has 6 nitrogen and oxygen atoms in total. The first-order valence-corrected chi connectivity index (χ1v) is 10.1. The number of carbonyl (C=O) groups excluding carboxylic acids is 2. The second kappa shape index (κ2) is 8.77. The highest BCUT2D eigenvalue weighted by molar-refractivity contribution is 7.92. The number of nitrogens with one attached hydrogen (secondary N) is 1. The summed E-state index contributed by atoms with van der Waals surface area (Å²) in [5, 5.41) is 2.59. The van der Waals surface area contributed by atoms with Gasteiger partial charge in [-0.2, -0.15) is 0 Å². The molecule has 0 radical (unpaired) electrons. The Balaban J connectivity index is 2.00. The van der Waals surface area contributed by atoms with Gasteiger partial charge in [0, 0.05) is 12.1 Å². The third-order valence-electron chi connectivity index (χ3n) is 3.91. The smallest absolute Gasteiger partial charge is 0.232 e. The highest BCUT2D eigenvalue weighted by atomic mass is 32.2. The molecule has 27 heavy (non-hydrogen) atoms. The van der Waals surface area contributed by atoms with Gasteiger partial charge in [-0.25, -0.2) is 12.8 Å². The summed E-state index contributed by atoms with van der Waals surface area (Å²) in [6.45, 7) is 1.50. The van der Waals surface area contributed by atoms with Crippen molar-refractivity contribution in [3.05, 3.63) is 65.5 Å². The molecule has 0 aromatic heterocycles. The molecule has 2 aromatic carbocycles. The lowest BCUT2D eigenvalue weighted by molar-refractivity contribution is -0.120. The number of hydrogen-bond donors (Lipinski definition) is 1. The van der Waals surface area contributed by atoms with Crippen LogP contribution >= 0.6 is 0 Å². The molecular weight excluding hydrogens is 371 g/mol. The van der Waals surface area contributed by atoms with Gasteiger partial charge >= 0.3 is 0 Å². The third kappa shape index (κ3) is 5.89. The molecule has 0 unspecified atom stereocenters. The molecule has 0 heterocycles. The van der Waals surface area contributed by atoms with Crippen molar-refractivity contribution >= 4 is 27.4 Å². The fraction of sp³-hybridized carbons (Fsp3) is 0.263. The molecule has 0 aliphatic heterocycles. The number of hydrogen-bond acceptors (Lipinski definition) is 4. The van der Waals surface area contributed by atoms with E-state index in [2.05, 4.69) is 5.32 Å². The zero-order valence-corrected chi connectivity index (χ0v) is 15.9. The van der Waals surface area contributed by atoms with E-state index in [0.717, 1.165) is 10.6 Å². The van der Waals surface area contributed by atoms with E-state index in [1.807, 2.05) is 0 Å². The lowest BCUT2D eigenvalue weighted by Gasteiger charge is -2.22. The molecule has 1 amide bonds. The summed E-state index contributed by atoms with van der Waals surface area (Å²) in [6, 6.07) is 12.2. The van der Waals surface area contributed by atoms with E-state index >= 15 is 0 Å². The summed E-state index contributed by atoms with van der Waals surface area (Å²) < 4.78 is 38.8. The summed E-state index contributed by atoms with van der Waals surface area (Å²) in [6.07, 6.45) is 0.936. The number of benzene rings is 2. The van der Waals surface area contributed by atoms with Gasteiger partial charge in [-0.05, 0) is 42.8 Å². The Morgan fingerprint density at radius 3 is 2.26 bits per heavy atom. The second-order valence-corrected chi connectivity index (χ2v) is 7.96. The number of halogens is 1. The average Bonchev–Trinajstić information content (AvgIpc) is 2.60. The van der Waals surface area contributed by atoms with Crippen LogP contribution in [-0.4, -0.2) is 39.5 Å². The van der Waals surface area contributed by atoms with Gasteiger partial charge in [0.1, 0.15) is 5.82 Å². The highest BCUT2D eigenvalue weighted by Crippen LogP contribution is 2.18. The third-order valence-corrected chi connectivity index (χ3v) is 5.10. The van der Waals surface area contributed by atoms with E-state index in [0.29, 0.717) is 11.3 Å². The van der Waals surface area contributed by atoms with Crippen molar-refractivity contribution in [2.75, 3.05) is 23.7 Å². The van der Waals surface area contributed by atoms with Gasteiger partial charge in [0.15, 0.2) is 5.78 Å². The van der Waals surface area contributed by atoms with E-state index in [4.69, 9.17) is 0 Å². The maximum Gasteiger partial charge on any atom is 0.232 e. The normalized spacial score (nSPS) is 11.1. The van der Waals surface area contributed by atoms with Crippen LogP contribution in [0.2, 0.25) is 0 Å². The molecule has 0 fully saturated rings. The standard InChI is InChI=1S/C19H21FN2O4S/c1-14(23)15-7-9-17(10-8-15)22(27(2,25)26)12-11-21-19(24)13-16-5-3-4-6-18(16)20/h3-10H,11-13H2,1-2H3,(H,21,24). The molecule has 2 aromatic rings. The van der Waals surface area contributed by atoms with Gasteiger partial charge in [-0.3, -0.25) is 13.9 Å². The molecule has 2 rings (SSSR count). The lowest BCUT2D eigenvalue weighted by Crippen LogP contribution is -2.38. The van der Waals surface area contributed by atoms with Crippen LogP contribution in [0, 0.1) is 5.82 Å². The van der Waals surface area contributed by atoms with Gasteiger partial charge in [0.05, 0.1) is 24.9 Å². The fourth-order valence-corrected chi connectivity index (χ4v) is 3.45. The average molecular weight is 392 g/mol. The van der Waals surface area contributed by atoms with Gasteiger partial charge in [-0.1, -0.05) is 18.2 Å². The van der Waals surface area contributed by atoms with Crippen LogP contribution in [-0.2, 0) is 21.2 Å². The number of sulfonamides is 1. The molecule has 0 aliphatic carbocycles. The molecule has 0 bridgehead atoms. The SMILES string of the molecule is CC(=O)c1ccc(N(CCNC(=O)Cc2ccccc2F)S(C)(=O)=O)cc1. The zero-order valence-electron chi connectivity index (χ0n) is 15.1. The number of rotatable bonds is 8. The zero-order chi connectivity index (χ0) is 20.0. The van der Waals surface area contributed by atoms with E-state index in [1.54, 1.807) is 30.3 Å². The molecule has 8 heteroatoms. The largest absolute Gasteiger partial charge is 0.354 e. The van der Waals surface area contributed by atoms with E-state index in [1.165, 1.54) is 25.1 Å². The Bertz CT molecular complexity index is 927. The predicted molar refractivity (Wildman–Crippen MR) is 102 cm³/mol. The Morgan fingerprint density at radius 1 is 1.07 bits per heavy atom. The van der Waals surface area contributed by atoms with Crippen molar-refractivity contribution in [3.8, 4) is 0 Å². The predicted octanol–water partition coefficient (Wildman–Crippen LogP) is 2.15. The van der Waals surface area contributed by atoms with Crippen molar-refractivity contribution in [1.82, 2.24) is 5.32 Å². The summed E-state index contributed by atoms with van der Waals surface area (Å²) in [7, 11) is -3.58. The minimum absolute atomic E-state index is 0.0151. The number of ketones is 1. The number of amides is 1. The summed E-state index contributed by atoms with van der Waals surface area (Å²) in [5.74, 6) is -0.982. The number of nitrogens with zero attached hydrogens (tertiary/aromatic N) is 1. The maximum absolute atomic E-state index is 13.6. The minimum atomic E-state index is -3.58. The van der Waals surface area contributed by atoms with Crippen LogP contribution in [0.15, 0.2) is 48.5 Å². The van der Waals surface area contributed by atoms with Gasteiger partial charge < -0.3 is 5.32 Å². The Labute approximate surface area is 158 Å². The van der Waals surface area contributed by atoms with Gasteiger partial charge in [0.25, 0.3) is 0 Å². The number of Topliss-reactive ketones (excluding diaryl/α,β-unsaturated/α-hetero) is 1. The van der Waals surface area contributed by atoms with Crippen LogP contribution in [0.3, 0.4) is 0 Å². The van der Waals surface area contributed by atoms with Crippen LogP contribution in [0.4, 0.5) is 10.1 Å². The van der Waals surface area contributed by atoms with Crippen LogP contribution < -0.4 is 9.62 Å². The van der Waals surface area contributed by atoms with E-state index < -0.39 is 21.7 Å². The molecule has 0 saturated heterocycles. The Hall–Kier alpha value is -2.74. The van der Waals surface area contributed by atoms with Crippen molar-refractivity contribution in [2.24, 2.45) is 0 Å². The summed E-state index contributed by atoms with van der Waals surface area (Å²) in [4.78, 5) is 23.3. The first-order valence-electron chi connectivity index (χ1n) is 8.27. The quantitative estimate of drug-likeness (QED) is 0.698. The topological polar surface area (TPSA) is 83.6 Å². The molecule has 0 atom stereocenters. The van der Waals surface area contributed by atoms with Gasteiger partial charge in [-0.15, -0.1) is 0 Å². The van der Waals surface area contributed by atoms with Crippen LogP contribution in [0.5, 0.6) is 0 Å². The first kappa shape index (κ1) is 20.6. The molecule has 1 N–H and O–H groups in total. The summed E-state index contributed by atoms with van der Waals surface area (Å²) >= 11 is 0. The van der Waals surface area contributed by atoms with Crippen LogP contribution in [0.25, 0.3) is 0 Å². The molecular formula is C19H21FN2O4S. The van der Waals surface area contributed by atoms with Crippen LogP contribution in [0.1, 0.15) is 22.8 Å². The lowest BCUT2D eigenvalue weighted by atomic mass is 10.1. The maximum atomic E-state index is 13.6. The molecule has 144 valence electrons. The van der Waals surface area contributed by atoms with Crippen molar-refractivity contribution in [2.45, 2.75) is 13.3 Å². The van der Waals surface area contributed by atoms with E-state index in [9.17, 15) is 22.4 Å². The van der Waals surface area contributed by atoms with Gasteiger partial charge in [0.2, 0.25) is 15.9 Å². The van der Waals surface area contributed by atoms with Crippen molar-refractivity contribution in [1.29, 1.82) is 0 Å². The number of anilines is 1. The molecule has 0 saturated carbocycles. The van der Waals surface area contributed by atoms with E-state index in [-0.39, 0.29) is 30.9 Å². The Morgan fingerprint density at radius 2 is 1.70 bits per heavy atom. The second-order valence-electron chi connectivity index (χ2n) is 6.06. The fourth-order valence-electron chi connectivity index (χ4n) is 2.52. The minimum Gasteiger partial charge on any atom is -0.354 e. The monoisotopic (exact) mass is 392 g/mol. The summed E-state index contributed by atoms with van der Waals surface area (Å²) in [5.41, 5.74) is 1.14. The number of carbonyl (C=O) groups is 2. The highest BCUT2D eigenvalue weighted by Gasteiger charge is 2.18. The van der Waals surface area contributed by atoms with Crippen molar-refractivity contribution < 1.29 is 22.4 Å².